The van der Waals surface area contributed by atoms with Crippen LogP contribution in [0.15, 0.2) is 47.8 Å². The summed E-state index contributed by atoms with van der Waals surface area (Å²) in [6.45, 7) is 0. The molecule has 0 aliphatic heterocycles. The van der Waals surface area contributed by atoms with Gasteiger partial charge in [-0.3, -0.25) is 9.78 Å². The van der Waals surface area contributed by atoms with Gasteiger partial charge in [0.05, 0.1) is 0 Å². The lowest BCUT2D eigenvalue weighted by atomic mass is 10.2. The molecule has 1 aromatic heterocycles. The van der Waals surface area contributed by atoms with Gasteiger partial charge in [0.25, 0.3) is 5.91 Å². The third kappa shape index (κ3) is 3.44. The van der Waals surface area contributed by atoms with Gasteiger partial charge in [0.15, 0.2) is 5.84 Å². The predicted octanol–water partition coefficient (Wildman–Crippen LogP) is 2.03. The molecule has 4 N–H and O–H groups in total. The fourth-order valence-corrected chi connectivity index (χ4v) is 2.04. The van der Waals surface area contributed by atoms with E-state index in [9.17, 15) is 4.79 Å². The van der Waals surface area contributed by atoms with Crippen LogP contribution in [0.5, 0.6) is 0 Å². The van der Waals surface area contributed by atoms with Crippen LogP contribution in [0.2, 0.25) is 0 Å². The molecule has 0 saturated carbocycles. The predicted molar refractivity (Wildman–Crippen MR) is 83.9 cm³/mol. The van der Waals surface area contributed by atoms with Crippen molar-refractivity contribution in [3.05, 3.63) is 57.4 Å². The number of carbonyl (C=O) groups excluding carboxylic acids is 1. The molecule has 0 aliphatic rings. The Bertz CT molecular complexity index is 656. The van der Waals surface area contributed by atoms with E-state index in [1.807, 2.05) is 18.2 Å². The number of nitrogens with two attached hydrogens (primary N) is 1. The number of nitrogens with one attached hydrogen (secondary N) is 1. The number of amides is 1. The SMILES string of the molecule is NC(=NO)c1ccc(C(=O)Nc2cccc(I)c2)nc1. The second kappa shape index (κ2) is 6.33. The monoisotopic (exact) mass is 382 g/mol. The van der Waals surface area contributed by atoms with Crippen molar-refractivity contribution in [2.45, 2.75) is 0 Å². The molecule has 0 atom stereocenters. The molecule has 1 heterocycles. The molecule has 1 amide bonds. The minimum absolute atomic E-state index is 0.0536. The van der Waals surface area contributed by atoms with Crippen molar-refractivity contribution in [1.29, 1.82) is 0 Å². The van der Waals surface area contributed by atoms with Crippen LogP contribution in [0.4, 0.5) is 5.69 Å². The summed E-state index contributed by atoms with van der Waals surface area (Å²) in [5.41, 5.74) is 6.81. The highest BCUT2D eigenvalue weighted by atomic mass is 127. The van der Waals surface area contributed by atoms with Gasteiger partial charge in [0.2, 0.25) is 0 Å². The summed E-state index contributed by atoms with van der Waals surface area (Å²) < 4.78 is 1.02. The van der Waals surface area contributed by atoms with Crippen LogP contribution in [0, 0.1) is 3.57 Å². The Morgan fingerprint density at radius 3 is 2.75 bits per heavy atom. The minimum Gasteiger partial charge on any atom is -0.409 e. The Labute approximate surface area is 128 Å². The summed E-state index contributed by atoms with van der Waals surface area (Å²) in [5, 5.41) is 14.2. The van der Waals surface area contributed by atoms with Crippen molar-refractivity contribution in [2.75, 3.05) is 5.32 Å². The topological polar surface area (TPSA) is 101 Å². The van der Waals surface area contributed by atoms with Crippen LogP contribution < -0.4 is 11.1 Å². The summed E-state index contributed by atoms with van der Waals surface area (Å²) in [6, 6.07) is 10.5. The lowest BCUT2D eigenvalue weighted by molar-refractivity contribution is 0.102. The van der Waals surface area contributed by atoms with E-state index in [0.29, 0.717) is 11.3 Å². The molecule has 0 bridgehead atoms. The molecule has 1 aromatic carbocycles. The van der Waals surface area contributed by atoms with Gasteiger partial charge in [0, 0.05) is 21.0 Å². The lowest BCUT2D eigenvalue weighted by Gasteiger charge is -2.05. The number of hydrogen-bond donors (Lipinski definition) is 3. The van der Waals surface area contributed by atoms with E-state index in [4.69, 9.17) is 10.9 Å². The average molecular weight is 382 g/mol. The summed E-state index contributed by atoms with van der Waals surface area (Å²) in [7, 11) is 0. The Morgan fingerprint density at radius 2 is 2.15 bits per heavy atom. The van der Waals surface area contributed by atoms with Crippen LogP contribution >= 0.6 is 22.6 Å². The van der Waals surface area contributed by atoms with E-state index < -0.39 is 0 Å². The molecule has 0 saturated heterocycles. The summed E-state index contributed by atoms with van der Waals surface area (Å²) in [5.74, 6) is -0.375. The van der Waals surface area contributed by atoms with Crippen molar-refractivity contribution in [3.8, 4) is 0 Å². The smallest absolute Gasteiger partial charge is 0.274 e. The molecular formula is C13H11IN4O2. The second-order valence-electron chi connectivity index (χ2n) is 3.88. The first-order chi connectivity index (χ1) is 9.60. The fourth-order valence-electron chi connectivity index (χ4n) is 1.50. The maximum Gasteiger partial charge on any atom is 0.274 e. The maximum absolute atomic E-state index is 12.0. The van der Waals surface area contributed by atoms with Crippen LogP contribution in [0.25, 0.3) is 0 Å². The molecule has 0 spiro atoms. The Balaban J connectivity index is 2.14. The van der Waals surface area contributed by atoms with Crippen molar-refractivity contribution in [3.63, 3.8) is 0 Å². The van der Waals surface area contributed by atoms with Crippen molar-refractivity contribution >= 4 is 40.0 Å². The highest BCUT2D eigenvalue weighted by Gasteiger charge is 2.08. The van der Waals surface area contributed by atoms with E-state index in [1.165, 1.54) is 12.3 Å². The number of anilines is 1. The minimum atomic E-state index is -0.321. The zero-order chi connectivity index (χ0) is 14.5. The zero-order valence-corrected chi connectivity index (χ0v) is 12.4. The zero-order valence-electron chi connectivity index (χ0n) is 10.2. The van der Waals surface area contributed by atoms with Crippen LogP contribution in [-0.2, 0) is 0 Å². The van der Waals surface area contributed by atoms with Crippen LogP contribution in [-0.4, -0.2) is 21.9 Å². The quantitative estimate of drug-likeness (QED) is 0.249. The number of aromatic nitrogens is 1. The first kappa shape index (κ1) is 14.3. The Morgan fingerprint density at radius 1 is 1.35 bits per heavy atom. The molecule has 0 radical (unpaired) electrons. The highest BCUT2D eigenvalue weighted by Crippen LogP contribution is 2.13. The highest BCUT2D eigenvalue weighted by molar-refractivity contribution is 14.1. The standard InChI is InChI=1S/C13H11IN4O2/c14-9-2-1-3-10(6-9)17-13(19)11-5-4-8(7-16-11)12(15)18-20/h1-7,20H,(H2,15,18)(H,17,19). The molecular weight excluding hydrogens is 371 g/mol. The van der Waals surface area contributed by atoms with Gasteiger partial charge in [-0.1, -0.05) is 11.2 Å². The van der Waals surface area contributed by atoms with Crippen molar-refractivity contribution < 1.29 is 10.0 Å². The van der Waals surface area contributed by atoms with Gasteiger partial charge in [-0.25, -0.2) is 0 Å². The van der Waals surface area contributed by atoms with E-state index in [2.05, 4.69) is 38.0 Å². The van der Waals surface area contributed by atoms with Gasteiger partial charge in [-0.05, 0) is 52.9 Å². The maximum atomic E-state index is 12.0. The fraction of sp³-hybridized carbons (Fsp3) is 0. The first-order valence-corrected chi connectivity index (χ1v) is 6.69. The number of rotatable bonds is 3. The molecule has 0 unspecified atom stereocenters. The van der Waals surface area contributed by atoms with E-state index >= 15 is 0 Å². The average Bonchev–Trinajstić information content (AvgIpc) is 2.46. The van der Waals surface area contributed by atoms with E-state index in [1.54, 1.807) is 12.1 Å². The number of halogens is 1. The number of pyridine rings is 1. The van der Waals surface area contributed by atoms with Gasteiger partial charge in [0.1, 0.15) is 5.69 Å². The molecule has 20 heavy (non-hydrogen) atoms. The summed E-state index contributed by atoms with van der Waals surface area (Å²) in [6.07, 6.45) is 1.37. The Kier molecular flexibility index (Phi) is 4.51. The molecule has 7 heteroatoms. The van der Waals surface area contributed by atoms with E-state index in [0.717, 1.165) is 3.57 Å². The molecule has 6 nitrogen and oxygen atoms in total. The first-order valence-electron chi connectivity index (χ1n) is 5.61. The third-order valence-electron chi connectivity index (χ3n) is 2.48. The van der Waals surface area contributed by atoms with Gasteiger partial charge in [-0.15, -0.1) is 0 Å². The van der Waals surface area contributed by atoms with Gasteiger partial charge in [-0.2, -0.15) is 0 Å². The summed E-state index contributed by atoms with van der Waals surface area (Å²) in [4.78, 5) is 16.0. The molecule has 2 rings (SSSR count). The van der Waals surface area contributed by atoms with Gasteiger partial charge >= 0.3 is 0 Å². The third-order valence-corrected chi connectivity index (χ3v) is 3.15. The number of carbonyl (C=O) groups is 1. The number of hydrogen-bond acceptors (Lipinski definition) is 4. The molecule has 0 fully saturated rings. The lowest BCUT2D eigenvalue weighted by Crippen LogP contribution is -2.16. The van der Waals surface area contributed by atoms with Crippen LogP contribution in [0.3, 0.4) is 0 Å². The molecule has 0 aliphatic carbocycles. The summed E-state index contributed by atoms with van der Waals surface area (Å²) >= 11 is 2.16. The van der Waals surface area contributed by atoms with Crippen molar-refractivity contribution in [1.82, 2.24) is 4.98 Å². The largest absolute Gasteiger partial charge is 0.409 e. The molecule has 2 aromatic rings. The molecule has 102 valence electrons. The number of nitrogens with zero attached hydrogens (tertiary/aromatic N) is 2. The van der Waals surface area contributed by atoms with Crippen molar-refractivity contribution in [2.24, 2.45) is 10.9 Å². The number of benzene rings is 1. The number of oxime groups is 1. The number of amidine groups is 1. The Hall–Kier alpha value is -2.16. The normalized spacial score (nSPS) is 11.2. The second-order valence-corrected chi connectivity index (χ2v) is 5.13. The van der Waals surface area contributed by atoms with Gasteiger partial charge < -0.3 is 16.3 Å². The van der Waals surface area contributed by atoms with E-state index in [-0.39, 0.29) is 17.4 Å². The van der Waals surface area contributed by atoms with Crippen LogP contribution in [0.1, 0.15) is 16.1 Å².